The van der Waals surface area contributed by atoms with Crippen molar-refractivity contribution in [2.45, 2.75) is 0 Å². The van der Waals surface area contributed by atoms with Gasteiger partial charge in [-0.05, 0) is 64.0 Å². The highest BCUT2D eigenvalue weighted by atomic mass is 15.1. The van der Waals surface area contributed by atoms with Crippen LogP contribution in [0.2, 0.25) is 0 Å². The summed E-state index contributed by atoms with van der Waals surface area (Å²) in [6.07, 6.45) is 0. The highest BCUT2D eigenvalue weighted by Gasteiger charge is 2.16. The minimum atomic E-state index is 0.374. The van der Waals surface area contributed by atoms with Gasteiger partial charge in [-0.2, -0.15) is 5.26 Å². The predicted molar refractivity (Wildman–Crippen MR) is 160 cm³/mol. The first-order valence-electron chi connectivity index (χ1n) is 12.7. The van der Waals surface area contributed by atoms with Crippen molar-refractivity contribution in [2.75, 3.05) is 4.90 Å². The predicted octanol–water partition coefficient (Wildman–Crippen LogP) is 10.1. The average molecular weight is 498 g/mol. The van der Waals surface area contributed by atoms with Crippen LogP contribution in [0.25, 0.3) is 37.9 Å². The lowest BCUT2D eigenvalue weighted by molar-refractivity contribution is 1.30. The Morgan fingerprint density at radius 2 is 1.13 bits per heavy atom. The third-order valence-electron chi connectivity index (χ3n) is 6.94. The van der Waals surface area contributed by atoms with Crippen LogP contribution in [-0.2, 0) is 0 Å². The van der Waals surface area contributed by atoms with Crippen molar-refractivity contribution >= 4 is 33.5 Å². The molecule has 0 aliphatic carbocycles. The fourth-order valence-electron chi connectivity index (χ4n) is 4.97. The van der Waals surface area contributed by atoms with E-state index in [4.69, 9.17) is 6.57 Å². The summed E-state index contributed by atoms with van der Waals surface area (Å²) >= 11 is 0. The molecule has 182 valence electrons. The zero-order valence-electron chi connectivity index (χ0n) is 21.1. The van der Waals surface area contributed by atoms with Crippen LogP contribution in [0.4, 0.5) is 22.7 Å². The van der Waals surface area contributed by atoms with Crippen LogP contribution in [0, 0.1) is 17.9 Å². The fourth-order valence-corrected chi connectivity index (χ4v) is 4.97. The summed E-state index contributed by atoms with van der Waals surface area (Å²) in [5.74, 6) is 0. The van der Waals surface area contributed by atoms with Crippen LogP contribution in [0.15, 0.2) is 140 Å². The quantitative estimate of drug-likeness (QED) is 0.222. The number of hydrogen-bond donors (Lipinski definition) is 0. The molecule has 0 bridgehead atoms. The van der Waals surface area contributed by atoms with Gasteiger partial charge in [0.1, 0.15) is 0 Å². The van der Waals surface area contributed by atoms with Crippen molar-refractivity contribution < 1.29 is 0 Å². The van der Waals surface area contributed by atoms with Gasteiger partial charge in [-0.15, -0.1) is 0 Å². The van der Waals surface area contributed by atoms with E-state index in [1.807, 2.05) is 12.1 Å². The van der Waals surface area contributed by atoms with Crippen LogP contribution < -0.4 is 4.90 Å². The molecule has 0 aliphatic rings. The van der Waals surface area contributed by atoms with Crippen LogP contribution in [0.5, 0.6) is 0 Å². The third-order valence-corrected chi connectivity index (χ3v) is 6.94. The molecular formula is C36H23N3. The van der Waals surface area contributed by atoms with Crippen molar-refractivity contribution in [1.29, 1.82) is 5.26 Å². The Labute approximate surface area is 228 Å². The van der Waals surface area contributed by atoms with Crippen molar-refractivity contribution in [3.05, 3.63) is 157 Å². The Balaban J connectivity index is 1.45. The molecule has 0 amide bonds. The first-order valence-corrected chi connectivity index (χ1v) is 12.7. The third kappa shape index (κ3) is 4.62. The molecule has 3 heteroatoms. The van der Waals surface area contributed by atoms with Gasteiger partial charge in [0.2, 0.25) is 5.69 Å². The van der Waals surface area contributed by atoms with Crippen LogP contribution in [0.1, 0.15) is 5.56 Å². The highest BCUT2D eigenvalue weighted by Crippen LogP contribution is 2.40. The maximum Gasteiger partial charge on any atom is 0.204 e. The number of benzene rings is 6. The molecule has 0 unspecified atom stereocenters. The van der Waals surface area contributed by atoms with Crippen molar-refractivity contribution in [1.82, 2.24) is 0 Å². The van der Waals surface area contributed by atoms with E-state index in [-0.39, 0.29) is 0 Å². The highest BCUT2D eigenvalue weighted by molar-refractivity contribution is 5.99. The zero-order chi connectivity index (χ0) is 26.6. The molecule has 0 aromatic heterocycles. The number of nitrogens with zero attached hydrogens (tertiary/aromatic N) is 3. The Morgan fingerprint density at radius 3 is 1.79 bits per heavy atom. The van der Waals surface area contributed by atoms with E-state index in [0.29, 0.717) is 11.3 Å². The second-order valence-electron chi connectivity index (χ2n) is 9.25. The SMILES string of the molecule is [C-]#[N+]c1ccc(-c2ccc(N(c3ccc(-c4ccccc4)cc3)c3cccc4ccccc34)cc2)cc1C#N. The summed E-state index contributed by atoms with van der Waals surface area (Å²) < 4.78 is 0. The summed E-state index contributed by atoms with van der Waals surface area (Å²) in [5.41, 5.74) is 8.21. The van der Waals surface area contributed by atoms with Gasteiger partial charge in [0.15, 0.2) is 0 Å². The van der Waals surface area contributed by atoms with E-state index in [1.165, 1.54) is 21.9 Å². The van der Waals surface area contributed by atoms with Gasteiger partial charge >= 0.3 is 0 Å². The second kappa shape index (κ2) is 10.4. The number of nitriles is 1. The minimum Gasteiger partial charge on any atom is -0.310 e. The molecule has 6 aromatic carbocycles. The molecule has 3 nitrogen and oxygen atoms in total. The fraction of sp³-hybridized carbons (Fsp3) is 0. The molecule has 0 atom stereocenters. The maximum atomic E-state index is 9.47. The van der Waals surface area contributed by atoms with Gasteiger partial charge in [-0.3, -0.25) is 0 Å². The van der Waals surface area contributed by atoms with Crippen molar-refractivity contribution in [2.24, 2.45) is 0 Å². The van der Waals surface area contributed by atoms with Gasteiger partial charge in [-0.1, -0.05) is 103 Å². The Morgan fingerprint density at radius 1 is 0.564 bits per heavy atom. The molecule has 0 saturated heterocycles. The van der Waals surface area contributed by atoms with E-state index in [9.17, 15) is 5.26 Å². The molecule has 39 heavy (non-hydrogen) atoms. The van der Waals surface area contributed by atoms with Crippen molar-refractivity contribution in [3.63, 3.8) is 0 Å². The first kappa shape index (κ1) is 23.7. The van der Waals surface area contributed by atoms with Gasteiger partial charge in [0, 0.05) is 16.8 Å². The van der Waals surface area contributed by atoms with E-state index < -0.39 is 0 Å². The Kier molecular flexibility index (Phi) is 6.32. The van der Waals surface area contributed by atoms with E-state index in [0.717, 1.165) is 28.2 Å². The first-order chi connectivity index (χ1) is 19.2. The molecule has 6 rings (SSSR count). The topological polar surface area (TPSA) is 31.4 Å². The number of fused-ring (bicyclic) bond motifs is 1. The zero-order valence-corrected chi connectivity index (χ0v) is 21.1. The second-order valence-corrected chi connectivity index (χ2v) is 9.25. The maximum absolute atomic E-state index is 9.47. The Bertz CT molecular complexity index is 1850. The molecule has 0 fully saturated rings. The van der Waals surface area contributed by atoms with Gasteiger partial charge in [0.05, 0.1) is 23.9 Å². The molecule has 0 spiro atoms. The summed E-state index contributed by atoms with van der Waals surface area (Å²) in [6, 6.07) is 49.8. The number of anilines is 3. The molecule has 0 heterocycles. The monoisotopic (exact) mass is 497 g/mol. The van der Waals surface area contributed by atoms with Crippen LogP contribution in [0.3, 0.4) is 0 Å². The smallest absolute Gasteiger partial charge is 0.204 e. The molecular weight excluding hydrogens is 474 g/mol. The Hall–Kier alpha value is -5.64. The average Bonchev–Trinajstić information content (AvgIpc) is 3.02. The standard InChI is InChI=1S/C36H23N3/c1-38-35-23-18-30(24-31(35)25-37)28-16-21-33(22-17-28)39(36-13-7-11-29-10-5-6-12-34(29)36)32-19-14-27(15-20-32)26-8-3-2-4-9-26/h2-24H. The van der Waals surface area contributed by atoms with Gasteiger partial charge in [0.25, 0.3) is 0 Å². The molecule has 0 saturated carbocycles. The van der Waals surface area contributed by atoms with Crippen LogP contribution in [-0.4, -0.2) is 0 Å². The summed E-state index contributed by atoms with van der Waals surface area (Å²) in [7, 11) is 0. The number of hydrogen-bond acceptors (Lipinski definition) is 2. The minimum absolute atomic E-state index is 0.374. The number of rotatable bonds is 5. The largest absolute Gasteiger partial charge is 0.310 e. The van der Waals surface area contributed by atoms with Crippen molar-refractivity contribution in [3.8, 4) is 28.3 Å². The molecule has 6 aromatic rings. The summed E-state index contributed by atoms with van der Waals surface area (Å²) in [4.78, 5) is 5.73. The van der Waals surface area contributed by atoms with Gasteiger partial charge < -0.3 is 4.90 Å². The lowest BCUT2D eigenvalue weighted by Crippen LogP contribution is -2.10. The molecule has 0 radical (unpaired) electrons. The van der Waals surface area contributed by atoms with Gasteiger partial charge in [-0.25, -0.2) is 4.85 Å². The van der Waals surface area contributed by atoms with Crippen LogP contribution >= 0.6 is 0 Å². The normalized spacial score (nSPS) is 10.5. The summed E-state index contributed by atoms with van der Waals surface area (Å²) in [6.45, 7) is 7.29. The van der Waals surface area contributed by atoms with E-state index in [1.54, 1.807) is 12.1 Å². The summed E-state index contributed by atoms with van der Waals surface area (Å²) in [5, 5.41) is 11.8. The lowest BCUT2D eigenvalue weighted by atomic mass is 10.0. The molecule has 0 N–H and O–H groups in total. The lowest BCUT2D eigenvalue weighted by Gasteiger charge is -2.27. The molecule has 0 aliphatic heterocycles. The van der Waals surface area contributed by atoms with E-state index in [2.05, 4.69) is 131 Å². The van der Waals surface area contributed by atoms with E-state index >= 15 is 0 Å².